The van der Waals surface area contributed by atoms with Crippen LogP contribution in [0.15, 0.2) is 23.8 Å². The Balaban J connectivity index is 0.000000192. The van der Waals surface area contributed by atoms with Gasteiger partial charge in [-0.3, -0.25) is 0 Å². The Morgan fingerprint density at radius 1 is 0.526 bits per heavy atom. The lowest BCUT2D eigenvalue weighted by atomic mass is 9.43. The van der Waals surface area contributed by atoms with E-state index in [4.69, 9.17) is 0 Å². The number of hydrogen-bond donors (Lipinski definition) is 0. The zero-order chi connectivity index (χ0) is 43.7. The molecule has 0 unspecified atom stereocenters. The Hall–Kier alpha value is -0.520. The Morgan fingerprint density at radius 2 is 0.930 bits per heavy atom. The standard InChI is InChI=1S/C14H24.C12H22.2C11H22.C9H16/c1-13(2,3)14-7-10-4-11(8-14)6-12(5-10)9-14;1-11(2,3)10-8-6-7-9-12(10,4)5;2*1-10(2,3)9-7-6-8-11(9,4)5;1-9(2,3)7-6-8-4-5-8/h10-12H,4-9H2,1-3H3;8H,6-7,9H2,1-5H3;2*9H,6-8H2,1-5H3;6-8H,4-5H2,1-3H3/b;;;;7-6+/t;;2*9-;/m..10./s1. The molecule has 4 bridgehead atoms. The molecule has 0 N–H and O–H groups in total. The Morgan fingerprint density at radius 3 is 1.16 bits per heavy atom. The molecule has 0 aromatic rings. The molecular formula is C57H106. The minimum atomic E-state index is 0.365. The number of rotatable bonds is 1. The van der Waals surface area contributed by atoms with Crippen molar-refractivity contribution in [1.82, 2.24) is 0 Å². The van der Waals surface area contributed by atoms with E-state index >= 15 is 0 Å². The zero-order valence-corrected chi connectivity index (χ0v) is 43.2. The summed E-state index contributed by atoms with van der Waals surface area (Å²) in [5, 5.41) is 0. The minimum Gasteiger partial charge on any atom is -0.0849 e. The first-order valence-corrected chi connectivity index (χ1v) is 25.0. The van der Waals surface area contributed by atoms with Crippen LogP contribution in [-0.4, -0.2) is 0 Å². The Labute approximate surface area is 361 Å². The summed E-state index contributed by atoms with van der Waals surface area (Å²) in [6, 6.07) is 0. The molecule has 0 aromatic heterocycles. The van der Waals surface area contributed by atoms with Crippen molar-refractivity contribution in [2.45, 2.75) is 255 Å². The fraction of sp³-hybridized carbons (Fsp3) is 0.930. The molecule has 8 aliphatic carbocycles. The monoisotopic (exact) mass is 791 g/mol. The molecule has 0 nitrogen and oxygen atoms in total. The van der Waals surface area contributed by atoms with Gasteiger partial charge in [0.2, 0.25) is 0 Å². The van der Waals surface area contributed by atoms with Crippen LogP contribution in [-0.2, 0) is 0 Å². The van der Waals surface area contributed by atoms with E-state index in [0.717, 1.165) is 40.9 Å². The van der Waals surface area contributed by atoms with E-state index in [0.29, 0.717) is 43.3 Å². The van der Waals surface area contributed by atoms with Gasteiger partial charge in [-0.25, -0.2) is 0 Å². The topological polar surface area (TPSA) is 0 Å². The molecule has 0 heterocycles. The first-order chi connectivity index (χ1) is 25.6. The Bertz CT molecular complexity index is 1210. The van der Waals surface area contributed by atoms with Crippen LogP contribution in [0, 0.1) is 84.2 Å². The lowest BCUT2D eigenvalue weighted by Gasteiger charge is -2.62. The molecule has 0 aromatic carbocycles. The molecule has 0 amide bonds. The molecule has 334 valence electrons. The van der Waals surface area contributed by atoms with Gasteiger partial charge in [0.1, 0.15) is 0 Å². The normalized spacial score (nSPS) is 32.8. The molecule has 8 rings (SSSR count). The van der Waals surface area contributed by atoms with E-state index in [1.54, 1.807) is 44.1 Å². The first-order valence-electron chi connectivity index (χ1n) is 25.0. The second-order valence-electron chi connectivity index (χ2n) is 28.8. The fourth-order valence-electron chi connectivity index (χ4n) is 14.1. The minimum absolute atomic E-state index is 0.365. The summed E-state index contributed by atoms with van der Waals surface area (Å²) in [5.41, 5.74) is 6.37. The van der Waals surface area contributed by atoms with E-state index < -0.39 is 0 Å². The maximum atomic E-state index is 2.49. The summed E-state index contributed by atoms with van der Waals surface area (Å²) < 4.78 is 0. The van der Waals surface area contributed by atoms with E-state index in [1.807, 2.05) is 0 Å². The molecule has 7 saturated carbocycles. The smallest absolute Gasteiger partial charge is 0.0139 e. The van der Waals surface area contributed by atoms with Gasteiger partial charge < -0.3 is 0 Å². The van der Waals surface area contributed by atoms with Gasteiger partial charge in [0.25, 0.3) is 0 Å². The van der Waals surface area contributed by atoms with Crippen LogP contribution in [0.5, 0.6) is 0 Å². The quantitative estimate of drug-likeness (QED) is 0.232. The first kappa shape index (κ1) is 50.8. The third kappa shape index (κ3) is 15.1. The van der Waals surface area contributed by atoms with Crippen molar-refractivity contribution in [3.63, 3.8) is 0 Å². The molecular weight excluding hydrogens is 685 g/mol. The van der Waals surface area contributed by atoms with Crippen LogP contribution in [0.3, 0.4) is 0 Å². The van der Waals surface area contributed by atoms with Gasteiger partial charge in [0.15, 0.2) is 0 Å². The summed E-state index contributed by atoms with van der Waals surface area (Å²) in [7, 11) is 0. The zero-order valence-electron chi connectivity index (χ0n) is 43.2. The summed E-state index contributed by atoms with van der Waals surface area (Å²) in [6.45, 7) is 49.9. The maximum Gasteiger partial charge on any atom is -0.0139 e. The van der Waals surface area contributed by atoms with Gasteiger partial charge in [-0.2, -0.15) is 0 Å². The predicted molar refractivity (Wildman–Crippen MR) is 258 cm³/mol. The third-order valence-electron chi connectivity index (χ3n) is 16.6. The third-order valence-corrected chi connectivity index (χ3v) is 16.6. The molecule has 0 spiro atoms. The molecule has 8 aliphatic rings. The second kappa shape index (κ2) is 18.4. The highest BCUT2D eigenvalue weighted by Gasteiger charge is 2.55. The van der Waals surface area contributed by atoms with Crippen molar-refractivity contribution in [3.8, 4) is 0 Å². The largest absolute Gasteiger partial charge is 0.0849 e. The van der Waals surface area contributed by atoms with Gasteiger partial charge in [0.05, 0.1) is 0 Å². The Kier molecular flexibility index (Phi) is 16.5. The highest BCUT2D eigenvalue weighted by molar-refractivity contribution is 5.21. The van der Waals surface area contributed by atoms with Crippen molar-refractivity contribution >= 4 is 0 Å². The maximum absolute atomic E-state index is 2.49. The van der Waals surface area contributed by atoms with Crippen LogP contribution in [0.25, 0.3) is 0 Å². The average Bonchev–Trinajstić information content (AvgIpc) is 3.65. The fourth-order valence-corrected chi connectivity index (χ4v) is 14.1. The lowest BCUT2D eigenvalue weighted by molar-refractivity contribution is -0.113. The summed E-state index contributed by atoms with van der Waals surface area (Å²) in [6.07, 6.45) is 32.0. The average molecular weight is 791 g/mol. The van der Waals surface area contributed by atoms with Crippen molar-refractivity contribution in [2.75, 3.05) is 0 Å². The van der Waals surface area contributed by atoms with Crippen LogP contribution >= 0.6 is 0 Å². The lowest BCUT2D eigenvalue weighted by Crippen LogP contribution is -2.51. The molecule has 0 aliphatic heterocycles. The van der Waals surface area contributed by atoms with E-state index in [-0.39, 0.29) is 0 Å². The van der Waals surface area contributed by atoms with Crippen molar-refractivity contribution < 1.29 is 0 Å². The molecule has 0 saturated heterocycles. The van der Waals surface area contributed by atoms with Crippen molar-refractivity contribution in [3.05, 3.63) is 23.8 Å². The highest BCUT2D eigenvalue weighted by Crippen LogP contribution is 2.65. The van der Waals surface area contributed by atoms with E-state index in [2.05, 4.69) is 164 Å². The molecule has 0 heteroatoms. The summed E-state index contributed by atoms with van der Waals surface area (Å²) in [5.74, 6) is 6.12. The number of hydrogen-bond acceptors (Lipinski definition) is 0. The van der Waals surface area contributed by atoms with Crippen LogP contribution < -0.4 is 0 Å². The van der Waals surface area contributed by atoms with Crippen LogP contribution in [0.1, 0.15) is 255 Å². The summed E-state index contributed by atoms with van der Waals surface area (Å²) in [4.78, 5) is 0. The van der Waals surface area contributed by atoms with Crippen molar-refractivity contribution in [2.24, 2.45) is 84.2 Å². The van der Waals surface area contributed by atoms with Gasteiger partial charge in [-0.05, 0) is 181 Å². The molecule has 7 fully saturated rings. The molecule has 2 atom stereocenters. The van der Waals surface area contributed by atoms with Gasteiger partial charge in [-0.1, -0.05) is 182 Å². The van der Waals surface area contributed by atoms with Crippen molar-refractivity contribution in [1.29, 1.82) is 0 Å². The van der Waals surface area contributed by atoms with Gasteiger partial charge in [-0.15, -0.1) is 0 Å². The molecule has 0 radical (unpaired) electrons. The predicted octanol–water partition coefficient (Wildman–Crippen LogP) is 19.1. The van der Waals surface area contributed by atoms with Crippen LogP contribution in [0.4, 0.5) is 0 Å². The van der Waals surface area contributed by atoms with Gasteiger partial charge in [0, 0.05) is 0 Å². The van der Waals surface area contributed by atoms with E-state index in [1.165, 1.54) is 70.6 Å². The summed E-state index contributed by atoms with van der Waals surface area (Å²) >= 11 is 0. The molecule has 57 heavy (non-hydrogen) atoms. The SMILES string of the molecule is CC(C)(C)/C=C/C1CC1.CC(C)(C)C12CC3CC(CC(C3)C1)C2.CC(C)(C)C1=CCCCC1(C)C.CC(C)(C)[C@@H]1CCCC1(C)C.CC(C)(C)[C@H]1CCCC1(C)C. The van der Waals surface area contributed by atoms with Gasteiger partial charge >= 0.3 is 0 Å². The second-order valence-corrected chi connectivity index (χ2v) is 28.8. The van der Waals surface area contributed by atoms with Crippen LogP contribution in [0.2, 0.25) is 0 Å². The van der Waals surface area contributed by atoms with E-state index in [9.17, 15) is 0 Å². The highest BCUT2D eigenvalue weighted by atomic mass is 14.6. The number of allylic oxidation sites excluding steroid dienone is 4.